The van der Waals surface area contributed by atoms with Gasteiger partial charge in [-0.05, 0) is 24.3 Å². The van der Waals surface area contributed by atoms with Crippen molar-refractivity contribution < 1.29 is 27.4 Å². The van der Waals surface area contributed by atoms with Gasteiger partial charge in [0.25, 0.3) is 5.91 Å². The summed E-state index contributed by atoms with van der Waals surface area (Å²) in [5, 5.41) is 9.16. The van der Waals surface area contributed by atoms with Crippen molar-refractivity contribution in [3.63, 3.8) is 0 Å². The molecular formula is C19H16F3N3O3. The second kappa shape index (κ2) is 8.03. The van der Waals surface area contributed by atoms with Crippen LogP contribution in [0.5, 0.6) is 11.5 Å². The second-order valence-corrected chi connectivity index (χ2v) is 5.74. The zero-order chi connectivity index (χ0) is 20.1. The van der Waals surface area contributed by atoms with Crippen molar-refractivity contribution in [1.82, 2.24) is 15.5 Å². The number of para-hydroxylation sites is 1. The number of ether oxygens (including phenoxy) is 2. The first-order valence-corrected chi connectivity index (χ1v) is 8.16. The number of halogens is 3. The van der Waals surface area contributed by atoms with Gasteiger partial charge in [-0.1, -0.05) is 18.2 Å². The van der Waals surface area contributed by atoms with Gasteiger partial charge in [-0.2, -0.15) is 5.10 Å². The van der Waals surface area contributed by atoms with Crippen LogP contribution in [0, 0.1) is 0 Å². The van der Waals surface area contributed by atoms with Crippen LogP contribution in [0.15, 0.2) is 54.9 Å². The van der Waals surface area contributed by atoms with Gasteiger partial charge in [-0.25, -0.2) is 0 Å². The van der Waals surface area contributed by atoms with Crippen LogP contribution >= 0.6 is 0 Å². The molecule has 3 rings (SSSR count). The van der Waals surface area contributed by atoms with Gasteiger partial charge in [0.2, 0.25) is 0 Å². The summed E-state index contributed by atoms with van der Waals surface area (Å²) in [5.41, 5.74) is 2.05. The molecule has 0 aliphatic rings. The number of hydrogen-bond acceptors (Lipinski definition) is 4. The Morgan fingerprint density at radius 1 is 1.18 bits per heavy atom. The average Bonchev–Trinajstić information content (AvgIpc) is 3.20. The first-order valence-electron chi connectivity index (χ1n) is 8.16. The highest BCUT2D eigenvalue weighted by atomic mass is 19.4. The van der Waals surface area contributed by atoms with Gasteiger partial charge in [-0.15, -0.1) is 13.2 Å². The fraction of sp³-hybridized carbons (Fsp3) is 0.158. The summed E-state index contributed by atoms with van der Waals surface area (Å²) in [5.74, 6) is -0.350. The molecule has 0 saturated heterocycles. The van der Waals surface area contributed by atoms with E-state index >= 15 is 0 Å². The van der Waals surface area contributed by atoms with Crippen molar-refractivity contribution >= 4 is 5.91 Å². The molecule has 28 heavy (non-hydrogen) atoms. The number of amides is 1. The number of alkyl halides is 3. The molecule has 2 aromatic carbocycles. The first-order chi connectivity index (χ1) is 13.4. The molecule has 1 aromatic heterocycles. The molecule has 0 saturated carbocycles. The maximum atomic E-state index is 12.5. The van der Waals surface area contributed by atoms with E-state index in [0.717, 1.165) is 11.1 Å². The number of hydrogen-bond donors (Lipinski definition) is 2. The molecule has 2 N–H and O–H groups in total. The predicted octanol–water partition coefficient (Wildman–Crippen LogP) is 3.91. The minimum Gasteiger partial charge on any atom is -0.496 e. The number of nitrogens with zero attached hydrogens (tertiary/aromatic N) is 1. The van der Waals surface area contributed by atoms with Crippen molar-refractivity contribution in [3.8, 4) is 22.6 Å². The van der Waals surface area contributed by atoms with E-state index in [4.69, 9.17) is 4.74 Å². The lowest BCUT2D eigenvalue weighted by Crippen LogP contribution is -2.24. The summed E-state index contributed by atoms with van der Waals surface area (Å²) < 4.78 is 46.8. The van der Waals surface area contributed by atoms with Crippen LogP contribution in [0.4, 0.5) is 13.2 Å². The molecule has 9 heteroatoms. The SMILES string of the molecule is COc1cc(C(=O)NCc2ccccc2OC(F)(F)F)ccc1-c1cn[nH]c1. The predicted molar refractivity (Wildman–Crippen MR) is 94.9 cm³/mol. The van der Waals surface area contributed by atoms with E-state index in [-0.39, 0.29) is 17.9 Å². The van der Waals surface area contributed by atoms with Gasteiger partial charge in [0.15, 0.2) is 0 Å². The molecule has 0 unspecified atom stereocenters. The normalized spacial score (nSPS) is 11.1. The number of carbonyl (C=O) groups is 1. The molecule has 6 nitrogen and oxygen atoms in total. The number of benzene rings is 2. The van der Waals surface area contributed by atoms with Crippen LogP contribution < -0.4 is 14.8 Å². The molecule has 1 heterocycles. The van der Waals surface area contributed by atoms with E-state index in [1.807, 2.05) is 0 Å². The standard InChI is InChI=1S/C19H16F3N3O3/c1-27-17-8-12(6-7-15(17)14-10-24-25-11-14)18(26)23-9-13-4-2-3-5-16(13)28-19(20,21)22/h2-8,10-11H,9H2,1H3,(H,23,26)(H,24,25). The number of carbonyl (C=O) groups excluding carboxylic acids is 1. The number of H-pyrrole nitrogens is 1. The number of nitrogens with one attached hydrogen (secondary N) is 2. The zero-order valence-electron chi connectivity index (χ0n) is 14.7. The van der Waals surface area contributed by atoms with E-state index in [9.17, 15) is 18.0 Å². The smallest absolute Gasteiger partial charge is 0.496 e. The largest absolute Gasteiger partial charge is 0.573 e. The highest BCUT2D eigenvalue weighted by Crippen LogP contribution is 2.30. The number of aromatic amines is 1. The van der Waals surface area contributed by atoms with E-state index in [1.54, 1.807) is 36.7 Å². The lowest BCUT2D eigenvalue weighted by molar-refractivity contribution is -0.274. The molecule has 3 aromatic rings. The Kier molecular flexibility index (Phi) is 5.53. The van der Waals surface area contributed by atoms with Crippen molar-refractivity contribution in [2.45, 2.75) is 12.9 Å². The van der Waals surface area contributed by atoms with Crippen LogP contribution in [0.2, 0.25) is 0 Å². The van der Waals surface area contributed by atoms with Crippen LogP contribution in [-0.4, -0.2) is 29.6 Å². The van der Waals surface area contributed by atoms with Crippen LogP contribution in [-0.2, 0) is 6.54 Å². The maximum absolute atomic E-state index is 12.5. The summed E-state index contributed by atoms with van der Waals surface area (Å²) in [4.78, 5) is 12.4. The number of aromatic nitrogens is 2. The molecule has 1 amide bonds. The monoisotopic (exact) mass is 391 g/mol. The first kappa shape index (κ1) is 19.3. The van der Waals surface area contributed by atoms with Gasteiger partial charge in [0.1, 0.15) is 11.5 Å². The molecule has 0 radical (unpaired) electrons. The average molecular weight is 391 g/mol. The van der Waals surface area contributed by atoms with Crippen molar-refractivity contribution in [1.29, 1.82) is 0 Å². The van der Waals surface area contributed by atoms with Gasteiger partial charge in [0.05, 0.1) is 13.3 Å². The minimum absolute atomic E-state index is 0.128. The highest BCUT2D eigenvalue weighted by Gasteiger charge is 2.32. The van der Waals surface area contributed by atoms with E-state index in [2.05, 4.69) is 20.3 Å². The Labute approximate surface area is 158 Å². The van der Waals surface area contributed by atoms with Crippen molar-refractivity contribution in [3.05, 3.63) is 66.0 Å². The molecule has 0 atom stereocenters. The molecule has 0 bridgehead atoms. The summed E-state index contributed by atoms with van der Waals surface area (Å²) >= 11 is 0. The number of rotatable bonds is 6. The zero-order valence-corrected chi connectivity index (χ0v) is 14.7. The molecule has 0 aliphatic carbocycles. The Morgan fingerprint density at radius 2 is 1.96 bits per heavy atom. The Balaban J connectivity index is 1.74. The molecule has 0 aliphatic heterocycles. The topological polar surface area (TPSA) is 76.2 Å². The maximum Gasteiger partial charge on any atom is 0.573 e. The summed E-state index contributed by atoms with van der Waals surface area (Å²) in [6.45, 7) is -0.128. The van der Waals surface area contributed by atoms with E-state index in [0.29, 0.717) is 11.3 Å². The summed E-state index contributed by atoms with van der Waals surface area (Å²) in [6, 6.07) is 10.5. The fourth-order valence-corrected chi connectivity index (χ4v) is 2.62. The number of methoxy groups -OCH3 is 1. The quantitative estimate of drug-likeness (QED) is 0.668. The van der Waals surface area contributed by atoms with Crippen LogP contribution in [0.1, 0.15) is 15.9 Å². The van der Waals surface area contributed by atoms with E-state index in [1.165, 1.54) is 25.3 Å². The molecule has 0 spiro atoms. The lowest BCUT2D eigenvalue weighted by atomic mass is 10.0. The summed E-state index contributed by atoms with van der Waals surface area (Å²) in [6.07, 6.45) is -1.50. The Bertz CT molecular complexity index is 957. The van der Waals surface area contributed by atoms with Gasteiger partial charge in [0, 0.05) is 35.0 Å². The van der Waals surface area contributed by atoms with Gasteiger partial charge in [-0.3, -0.25) is 9.89 Å². The van der Waals surface area contributed by atoms with Gasteiger partial charge < -0.3 is 14.8 Å². The van der Waals surface area contributed by atoms with Crippen molar-refractivity contribution in [2.75, 3.05) is 7.11 Å². The van der Waals surface area contributed by atoms with E-state index < -0.39 is 12.3 Å². The van der Waals surface area contributed by atoms with Gasteiger partial charge >= 0.3 is 6.36 Å². The second-order valence-electron chi connectivity index (χ2n) is 5.74. The Morgan fingerprint density at radius 3 is 2.64 bits per heavy atom. The van der Waals surface area contributed by atoms with Crippen LogP contribution in [0.25, 0.3) is 11.1 Å². The summed E-state index contributed by atoms with van der Waals surface area (Å²) in [7, 11) is 1.48. The lowest BCUT2D eigenvalue weighted by Gasteiger charge is -2.14. The van der Waals surface area contributed by atoms with Crippen LogP contribution in [0.3, 0.4) is 0 Å². The molecule has 0 fully saturated rings. The third-order valence-corrected chi connectivity index (χ3v) is 3.91. The highest BCUT2D eigenvalue weighted by molar-refractivity contribution is 5.95. The van der Waals surface area contributed by atoms with Crippen molar-refractivity contribution in [2.24, 2.45) is 0 Å². The minimum atomic E-state index is -4.81. The molecule has 146 valence electrons. The fourth-order valence-electron chi connectivity index (χ4n) is 2.62. The third kappa shape index (κ3) is 4.61. The Hall–Kier alpha value is -3.49. The third-order valence-electron chi connectivity index (χ3n) is 3.91. The molecular weight excluding hydrogens is 375 g/mol.